The molecular formula is C13H28. The highest BCUT2D eigenvalue weighted by atomic mass is 14.3. The zero-order valence-electron chi connectivity index (χ0n) is 10.5. The maximum Gasteiger partial charge on any atom is -0.0329 e. The van der Waals surface area contributed by atoms with E-state index in [9.17, 15) is 0 Å². The van der Waals surface area contributed by atoms with Gasteiger partial charge in [0.2, 0.25) is 0 Å². The van der Waals surface area contributed by atoms with Crippen molar-refractivity contribution in [3.63, 3.8) is 0 Å². The van der Waals surface area contributed by atoms with Gasteiger partial charge in [0, 0.05) is 0 Å². The molecule has 0 saturated heterocycles. The van der Waals surface area contributed by atoms with E-state index in [0.717, 1.165) is 11.8 Å². The van der Waals surface area contributed by atoms with Gasteiger partial charge in [-0.2, -0.15) is 0 Å². The second-order valence-electron chi connectivity index (χ2n) is 5.25. The first-order valence-corrected chi connectivity index (χ1v) is 5.95. The number of rotatable bonds is 6. The van der Waals surface area contributed by atoms with Crippen molar-refractivity contribution in [1.29, 1.82) is 0 Å². The van der Waals surface area contributed by atoms with E-state index < -0.39 is 0 Å². The highest BCUT2D eigenvalue weighted by Gasteiger charge is 2.27. The highest BCUT2D eigenvalue weighted by molar-refractivity contribution is 4.77. The molecule has 0 rings (SSSR count). The minimum Gasteiger partial charge on any atom is -0.0654 e. The van der Waals surface area contributed by atoms with E-state index in [1.54, 1.807) is 0 Å². The molecule has 2 atom stereocenters. The van der Waals surface area contributed by atoms with Gasteiger partial charge in [-0.25, -0.2) is 0 Å². The Hall–Kier alpha value is 0. The van der Waals surface area contributed by atoms with Crippen molar-refractivity contribution in [3.8, 4) is 0 Å². The van der Waals surface area contributed by atoms with Gasteiger partial charge in [-0.1, -0.05) is 67.2 Å². The molecule has 0 aromatic heterocycles. The van der Waals surface area contributed by atoms with Gasteiger partial charge in [0.05, 0.1) is 0 Å². The fraction of sp³-hybridized carbons (Fsp3) is 1.00. The lowest BCUT2D eigenvalue weighted by molar-refractivity contribution is 0.151. The van der Waals surface area contributed by atoms with E-state index in [2.05, 4.69) is 41.5 Å². The Labute approximate surface area is 85.1 Å². The van der Waals surface area contributed by atoms with Crippen LogP contribution in [0.4, 0.5) is 0 Å². The van der Waals surface area contributed by atoms with Crippen molar-refractivity contribution in [3.05, 3.63) is 0 Å². The van der Waals surface area contributed by atoms with Crippen LogP contribution in [0.15, 0.2) is 0 Å². The third kappa shape index (κ3) is 4.15. The summed E-state index contributed by atoms with van der Waals surface area (Å²) in [4.78, 5) is 0. The van der Waals surface area contributed by atoms with E-state index in [0.29, 0.717) is 5.41 Å². The first-order chi connectivity index (χ1) is 5.95. The van der Waals surface area contributed by atoms with E-state index in [-0.39, 0.29) is 0 Å². The lowest BCUT2D eigenvalue weighted by Gasteiger charge is -2.35. The lowest BCUT2D eigenvalue weighted by Crippen LogP contribution is -2.26. The van der Waals surface area contributed by atoms with Crippen molar-refractivity contribution in [2.24, 2.45) is 17.3 Å². The molecule has 0 aliphatic rings. The van der Waals surface area contributed by atoms with Crippen molar-refractivity contribution >= 4 is 0 Å². The molecule has 0 heterocycles. The van der Waals surface area contributed by atoms with Crippen LogP contribution >= 0.6 is 0 Å². The summed E-state index contributed by atoms with van der Waals surface area (Å²) >= 11 is 0. The van der Waals surface area contributed by atoms with Crippen LogP contribution in [0.25, 0.3) is 0 Å². The van der Waals surface area contributed by atoms with Crippen LogP contribution in [0.2, 0.25) is 0 Å². The molecule has 0 saturated carbocycles. The molecule has 0 radical (unpaired) electrons. The van der Waals surface area contributed by atoms with Crippen LogP contribution in [-0.2, 0) is 0 Å². The molecule has 0 aliphatic heterocycles. The summed E-state index contributed by atoms with van der Waals surface area (Å²) < 4.78 is 0. The fourth-order valence-corrected chi connectivity index (χ4v) is 1.87. The van der Waals surface area contributed by atoms with Gasteiger partial charge in [0.1, 0.15) is 0 Å². The predicted octanol–water partition coefficient (Wildman–Crippen LogP) is 4.89. The zero-order chi connectivity index (χ0) is 10.5. The van der Waals surface area contributed by atoms with E-state index >= 15 is 0 Å². The summed E-state index contributed by atoms with van der Waals surface area (Å²) in [6, 6.07) is 0. The number of hydrogen-bond acceptors (Lipinski definition) is 0. The van der Waals surface area contributed by atoms with Gasteiger partial charge >= 0.3 is 0 Å². The molecule has 0 bridgehead atoms. The van der Waals surface area contributed by atoms with Crippen LogP contribution in [0.1, 0.15) is 67.2 Å². The topological polar surface area (TPSA) is 0 Å². The Kier molecular flexibility index (Phi) is 5.67. The highest BCUT2D eigenvalue weighted by Crippen LogP contribution is 2.36. The number of unbranched alkanes of at least 4 members (excludes halogenated alkanes) is 1. The summed E-state index contributed by atoms with van der Waals surface area (Å²) in [6.45, 7) is 14.2. The van der Waals surface area contributed by atoms with Crippen molar-refractivity contribution in [1.82, 2.24) is 0 Å². The molecule has 0 nitrogen and oxygen atoms in total. The first-order valence-electron chi connectivity index (χ1n) is 5.95. The molecule has 0 N–H and O–H groups in total. The van der Waals surface area contributed by atoms with Crippen LogP contribution in [0.3, 0.4) is 0 Å². The van der Waals surface area contributed by atoms with Crippen LogP contribution in [-0.4, -0.2) is 0 Å². The predicted molar refractivity (Wildman–Crippen MR) is 61.9 cm³/mol. The van der Waals surface area contributed by atoms with Gasteiger partial charge in [0.15, 0.2) is 0 Å². The zero-order valence-corrected chi connectivity index (χ0v) is 10.5. The second kappa shape index (κ2) is 5.67. The molecule has 0 aromatic carbocycles. The SMILES string of the molecule is CCCCC(C)C(C)C(C)(C)CC. The Bertz CT molecular complexity index is 124. The summed E-state index contributed by atoms with van der Waals surface area (Å²) in [5, 5.41) is 0. The molecule has 0 aliphatic carbocycles. The second-order valence-corrected chi connectivity index (χ2v) is 5.25. The third-order valence-corrected chi connectivity index (χ3v) is 4.01. The smallest absolute Gasteiger partial charge is 0.0329 e. The van der Waals surface area contributed by atoms with Gasteiger partial charge in [-0.05, 0) is 17.3 Å². The molecule has 13 heavy (non-hydrogen) atoms. The Morgan fingerprint density at radius 1 is 1.08 bits per heavy atom. The lowest BCUT2D eigenvalue weighted by atomic mass is 9.71. The third-order valence-electron chi connectivity index (χ3n) is 4.01. The standard InChI is InChI=1S/C13H28/c1-7-9-10-11(3)12(4)13(5,6)8-2/h11-12H,7-10H2,1-6H3. The minimum absolute atomic E-state index is 0.521. The fourth-order valence-electron chi connectivity index (χ4n) is 1.87. The molecule has 0 amide bonds. The Morgan fingerprint density at radius 2 is 1.62 bits per heavy atom. The quantitative estimate of drug-likeness (QED) is 0.551. The summed E-state index contributed by atoms with van der Waals surface area (Å²) in [5.74, 6) is 1.74. The molecule has 0 fully saturated rings. The first kappa shape index (κ1) is 13.0. The van der Waals surface area contributed by atoms with Gasteiger partial charge in [0.25, 0.3) is 0 Å². The monoisotopic (exact) mass is 184 g/mol. The molecule has 0 heteroatoms. The molecule has 2 unspecified atom stereocenters. The maximum absolute atomic E-state index is 2.42. The van der Waals surface area contributed by atoms with Crippen LogP contribution in [0.5, 0.6) is 0 Å². The van der Waals surface area contributed by atoms with Crippen LogP contribution in [0, 0.1) is 17.3 Å². The van der Waals surface area contributed by atoms with Gasteiger partial charge < -0.3 is 0 Å². The Balaban J connectivity index is 4.00. The van der Waals surface area contributed by atoms with E-state index in [1.165, 1.54) is 25.7 Å². The molecule has 80 valence electrons. The van der Waals surface area contributed by atoms with Crippen molar-refractivity contribution < 1.29 is 0 Å². The van der Waals surface area contributed by atoms with E-state index in [1.807, 2.05) is 0 Å². The summed E-state index contributed by atoms with van der Waals surface area (Å²) in [5.41, 5.74) is 0.521. The van der Waals surface area contributed by atoms with Gasteiger partial charge in [-0.15, -0.1) is 0 Å². The normalized spacial score (nSPS) is 17.1. The van der Waals surface area contributed by atoms with Gasteiger partial charge in [-0.3, -0.25) is 0 Å². The average Bonchev–Trinajstić information content (AvgIpc) is 2.12. The van der Waals surface area contributed by atoms with E-state index in [4.69, 9.17) is 0 Å². The number of hydrogen-bond donors (Lipinski definition) is 0. The largest absolute Gasteiger partial charge is 0.0654 e. The Morgan fingerprint density at radius 3 is 2.00 bits per heavy atom. The molecular weight excluding hydrogens is 156 g/mol. The summed E-state index contributed by atoms with van der Waals surface area (Å²) in [6.07, 6.45) is 5.43. The van der Waals surface area contributed by atoms with Crippen molar-refractivity contribution in [2.45, 2.75) is 67.2 Å². The maximum atomic E-state index is 2.42. The van der Waals surface area contributed by atoms with Crippen LogP contribution < -0.4 is 0 Å². The molecule has 0 spiro atoms. The molecule has 0 aromatic rings. The minimum atomic E-state index is 0.521. The summed E-state index contributed by atoms with van der Waals surface area (Å²) in [7, 11) is 0. The van der Waals surface area contributed by atoms with Crippen molar-refractivity contribution in [2.75, 3.05) is 0 Å². The average molecular weight is 184 g/mol.